The van der Waals surface area contributed by atoms with E-state index in [1.54, 1.807) is 12.1 Å². The van der Waals surface area contributed by atoms with Gasteiger partial charge < -0.3 is 5.73 Å². The maximum absolute atomic E-state index is 13.7. The Kier molecular flexibility index (Phi) is 3.88. The number of aryl methyl sites for hydroxylation is 2. The molecule has 0 aliphatic heterocycles. The fraction of sp³-hybridized carbons (Fsp3) is 0.200. The maximum atomic E-state index is 13.7. The van der Waals surface area contributed by atoms with Gasteiger partial charge in [0.1, 0.15) is 11.6 Å². The molecule has 2 N–H and O–H groups in total. The normalized spacial score (nSPS) is 12.5. The van der Waals surface area contributed by atoms with Crippen LogP contribution in [0.15, 0.2) is 30.3 Å². The summed E-state index contributed by atoms with van der Waals surface area (Å²) in [5.41, 5.74) is 8.32. The third-order valence-electron chi connectivity index (χ3n) is 3.26. The molecule has 2 rings (SSSR count). The number of halogens is 3. The zero-order valence-electron chi connectivity index (χ0n) is 10.7. The fourth-order valence-electron chi connectivity index (χ4n) is 2.00. The smallest absolute Gasteiger partial charge is 0.131 e. The molecule has 0 saturated heterocycles. The van der Waals surface area contributed by atoms with Crippen LogP contribution in [-0.4, -0.2) is 0 Å². The van der Waals surface area contributed by atoms with Crippen molar-refractivity contribution in [2.75, 3.05) is 0 Å². The van der Waals surface area contributed by atoms with Crippen LogP contribution in [0.2, 0.25) is 5.02 Å². The van der Waals surface area contributed by atoms with Gasteiger partial charge in [0.15, 0.2) is 0 Å². The van der Waals surface area contributed by atoms with Crippen LogP contribution >= 0.6 is 11.6 Å². The molecule has 0 saturated carbocycles. The Bertz CT molecular complexity index is 606. The molecule has 0 aromatic heterocycles. The Morgan fingerprint density at radius 2 is 1.58 bits per heavy atom. The lowest BCUT2D eigenvalue weighted by Gasteiger charge is -2.17. The third kappa shape index (κ3) is 2.62. The van der Waals surface area contributed by atoms with Crippen LogP contribution in [0, 0.1) is 25.5 Å². The first-order chi connectivity index (χ1) is 8.91. The van der Waals surface area contributed by atoms with Gasteiger partial charge in [-0.3, -0.25) is 0 Å². The highest BCUT2D eigenvalue weighted by Gasteiger charge is 2.20. The molecule has 4 heteroatoms. The van der Waals surface area contributed by atoms with E-state index in [2.05, 4.69) is 0 Å². The molecule has 0 amide bonds. The zero-order chi connectivity index (χ0) is 14.2. The van der Waals surface area contributed by atoms with Crippen molar-refractivity contribution in [2.45, 2.75) is 19.9 Å². The van der Waals surface area contributed by atoms with E-state index in [-0.39, 0.29) is 5.56 Å². The highest BCUT2D eigenvalue weighted by Crippen LogP contribution is 2.31. The molecular weight excluding hydrogens is 268 g/mol. The van der Waals surface area contributed by atoms with Gasteiger partial charge >= 0.3 is 0 Å². The van der Waals surface area contributed by atoms with Gasteiger partial charge in [0.05, 0.1) is 6.04 Å². The molecule has 1 nitrogen and oxygen atoms in total. The average Bonchev–Trinajstić information content (AvgIpc) is 2.33. The molecule has 0 aliphatic carbocycles. The summed E-state index contributed by atoms with van der Waals surface area (Å²) in [5.74, 6) is -1.33. The van der Waals surface area contributed by atoms with Crippen LogP contribution in [0.1, 0.15) is 28.3 Å². The summed E-state index contributed by atoms with van der Waals surface area (Å²) < 4.78 is 27.5. The van der Waals surface area contributed by atoms with E-state index >= 15 is 0 Å². The molecule has 1 atom stereocenters. The highest BCUT2D eigenvalue weighted by molar-refractivity contribution is 6.31. The summed E-state index contributed by atoms with van der Waals surface area (Å²) in [6, 6.07) is 6.29. The van der Waals surface area contributed by atoms with Crippen molar-refractivity contribution >= 4 is 11.6 Å². The molecule has 0 bridgehead atoms. The molecule has 2 aromatic carbocycles. The van der Waals surface area contributed by atoms with Crippen LogP contribution in [-0.2, 0) is 0 Å². The van der Waals surface area contributed by atoms with Crippen molar-refractivity contribution in [3.63, 3.8) is 0 Å². The first-order valence-corrected chi connectivity index (χ1v) is 6.25. The second kappa shape index (κ2) is 5.27. The molecule has 0 spiro atoms. The summed E-state index contributed by atoms with van der Waals surface area (Å²) in [6.45, 7) is 3.82. The van der Waals surface area contributed by atoms with Gasteiger partial charge in [-0.05, 0) is 48.7 Å². The predicted octanol–water partition coefficient (Wildman–Crippen LogP) is 4.28. The fourth-order valence-corrected chi connectivity index (χ4v) is 2.34. The Morgan fingerprint density at radius 3 is 2.16 bits per heavy atom. The van der Waals surface area contributed by atoms with Gasteiger partial charge in [-0.25, -0.2) is 8.78 Å². The molecule has 19 heavy (non-hydrogen) atoms. The number of hydrogen-bond acceptors (Lipinski definition) is 1. The van der Waals surface area contributed by atoms with Crippen molar-refractivity contribution < 1.29 is 8.78 Å². The maximum Gasteiger partial charge on any atom is 0.131 e. The largest absolute Gasteiger partial charge is 0.320 e. The lowest BCUT2D eigenvalue weighted by molar-refractivity contribution is 0.543. The zero-order valence-corrected chi connectivity index (χ0v) is 11.4. The summed E-state index contributed by atoms with van der Waals surface area (Å²) >= 11 is 6.13. The molecule has 0 radical (unpaired) electrons. The van der Waals surface area contributed by atoms with E-state index in [0.29, 0.717) is 10.6 Å². The van der Waals surface area contributed by atoms with Gasteiger partial charge in [-0.15, -0.1) is 0 Å². The first kappa shape index (κ1) is 14.0. The van der Waals surface area contributed by atoms with Gasteiger partial charge in [0, 0.05) is 10.6 Å². The van der Waals surface area contributed by atoms with Gasteiger partial charge in [-0.1, -0.05) is 23.7 Å². The Morgan fingerprint density at radius 1 is 1.05 bits per heavy atom. The van der Waals surface area contributed by atoms with Crippen LogP contribution in [0.5, 0.6) is 0 Å². The molecule has 0 heterocycles. The first-order valence-electron chi connectivity index (χ1n) is 5.88. The van der Waals surface area contributed by atoms with Crippen LogP contribution in [0.4, 0.5) is 8.78 Å². The molecular formula is C15H14ClF2N. The van der Waals surface area contributed by atoms with E-state index in [4.69, 9.17) is 17.3 Å². The standard InChI is InChI=1S/C15H14ClF2N/c1-8-6-10(11(16)7-9(8)2)15(19)14-12(17)4-3-5-13(14)18/h3-7,15H,19H2,1-2H3. The van der Waals surface area contributed by atoms with Crippen LogP contribution in [0.3, 0.4) is 0 Å². The van der Waals surface area contributed by atoms with Crippen molar-refractivity contribution in [2.24, 2.45) is 5.73 Å². The molecule has 1 unspecified atom stereocenters. The Labute approximate surface area is 116 Å². The quantitative estimate of drug-likeness (QED) is 0.873. The monoisotopic (exact) mass is 281 g/mol. The van der Waals surface area contributed by atoms with Crippen molar-refractivity contribution in [3.8, 4) is 0 Å². The lowest BCUT2D eigenvalue weighted by atomic mass is 9.95. The topological polar surface area (TPSA) is 26.0 Å². The number of hydrogen-bond donors (Lipinski definition) is 1. The van der Waals surface area contributed by atoms with Crippen molar-refractivity contribution in [3.05, 3.63) is 69.2 Å². The third-order valence-corrected chi connectivity index (χ3v) is 3.59. The molecule has 2 aromatic rings. The van der Waals surface area contributed by atoms with Crippen LogP contribution in [0.25, 0.3) is 0 Å². The Hall–Kier alpha value is -1.45. The van der Waals surface area contributed by atoms with E-state index in [1.807, 2.05) is 13.8 Å². The van der Waals surface area contributed by atoms with E-state index in [1.165, 1.54) is 18.2 Å². The molecule has 0 fully saturated rings. The van der Waals surface area contributed by atoms with Crippen molar-refractivity contribution in [1.82, 2.24) is 0 Å². The minimum Gasteiger partial charge on any atom is -0.320 e. The summed E-state index contributed by atoms with van der Waals surface area (Å²) in [6.07, 6.45) is 0. The van der Waals surface area contributed by atoms with Gasteiger partial charge in [0.25, 0.3) is 0 Å². The highest BCUT2D eigenvalue weighted by atomic mass is 35.5. The van der Waals surface area contributed by atoms with Gasteiger partial charge in [-0.2, -0.15) is 0 Å². The Balaban J connectivity index is 2.56. The second-order valence-electron chi connectivity index (χ2n) is 4.57. The summed E-state index contributed by atoms with van der Waals surface area (Å²) in [7, 11) is 0. The lowest BCUT2D eigenvalue weighted by Crippen LogP contribution is -2.16. The minimum atomic E-state index is -0.923. The van der Waals surface area contributed by atoms with E-state index in [0.717, 1.165) is 11.1 Å². The molecule has 100 valence electrons. The molecule has 0 aliphatic rings. The number of rotatable bonds is 2. The SMILES string of the molecule is Cc1cc(Cl)c(C(N)c2c(F)cccc2F)cc1C. The van der Waals surface area contributed by atoms with Crippen LogP contribution < -0.4 is 5.73 Å². The predicted molar refractivity (Wildman–Crippen MR) is 73.3 cm³/mol. The number of nitrogens with two attached hydrogens (primary N) is 1. The average molecular weight is 282 g/mol. The van der Waals surface area contributed by atoms with Gasteiger partial charge in [0.2, 0.25) is 0 Å². The summed E-state index contributed by atoms with van der Waals surface area (Å²) in [4.78, 5) is 0. The number of benzene rings is 2. The van der Waals surface area contributed by atoms with Crippen molar-refractivity contribution in [1.29, 1.82) is 0 Å². The second-order valence-corrected chi connectivity index (χ2v) is 4.98. The van der Waals surface area contributed by atoms with E-state index < -0.39 is 17.7 Å². The minimum absolute atomic E-state index is 0.160. The summed E-state index contributed by atoms with van der Waals surface area (Å²) in [5, 5.41) is 0.415. The van der Waals surface area contributed by atoms with E-state index in [9.17, 15) is 8.78 Å².